The van der Waals surface area contributed by atoms with E-state index >= 15 is 0 Å². The highest BCUT2D eigenvalue weighted by atomic mass is 16.5. The lowest BCUT2D eigenvalue weighted by Gasteiger charge is -2.44. The molecule has 0 bridgehead atoms. The second-order valence-electron chi connectivity index (χ2n) is 9.79. The molecule has 0 saturated heterocycles. The van der Waals surface area contributed by atoms with Crippen LogP contribution in [0.3, 0.4) is 0 Å². The first kappa shape index (κ1) is 24.7. The Kier molecular flexibility index (Phi) is 5.77. The SMILES string of the molecule is C1=COC(N2C(c3cnccn3)=C(c3ccn[nH]3)C(c3ccccn3)C2(c2ncccn2)c2ncc3[nH]cnc3n2)C=C1. The zero-order valence-electron chi connectivity index (χ0n) is 22.4. The van der Waals surface area contributed by atoms with Crippen LogP contribution in [0.4, 0.5) is 0 Å². The van der Waals surface area contributed by atoms with Gasteiger partial charge in [0.15, 0.2) is 29.1 Å². The van der Waals surface area contributed by atoms with E-state index in [4.69, 9.17) is 34.6 Å². The lowest BCUT2D eigenvalue weighted by Crippen LogP contribution is -2.53. The van der Waals surface area contributed by atoms with Crippen molar-refractivity contribution < 1.29 is 4.74 Å². The third-order valence-corrected chi connectivity index (χ3v) is 7.52. The summed E-state index contributed by atoms with van der Waals surface area (Å²) in [5.74, 6) is 0.243. The fourth-order valence-corrected chi connectivity index (χ4v) is 5.91. The molecule has 3 unspecified atom stereocenters. The molecule has 2 aliphatic heterocycles. The average Bonchev–Trinajstić information content (AvgIpc) is 3.84. The Labute approximate surface area is 244 Å². The number of nitrogens with zero attached hydrogens (tertiary/aromatic N) is 10. The van der Waals surface area contributed by atoms with E-state index in [0.717, 1.165) is 17.0 Å². The zero-order chi connectivity index (χ0) is 28.6. The first-order chi connectivity index (χ1) is 21.4. The molecule has 3 atom stereocenters. The van der Waals surface area contributed by atoms with Crippen LogP contribution >= 0.6 is 0 Å². The lowest BCUT2D eigenvalue weighted by atomic mass is 9.76. The number of pyridine rings is 1. The molecule has 6 aromatic heterocycles. The molecular weight excluding hydrogens is 544 g/mol. The molecule has 0 radical (unpaired) electrons. The molecule has 0 saturated carbocycles. The molecule has 208 valence electrons. The average molecular weight is 567 g/mol. The highest BCUT2D eigenvalue weighted by Gasteiger charge is 2.63. The van der Waals surface area contributed by atoms with Crippen molar-refractivity contribution >= 4 is 22.4 Å². The van der Waals surface area contributed by atoms with E-state index in [1.165, 1.54) is 0 Å². The van der Waals surface area contributed by atoms with Crippen LogP contribution in [-0.2, 0) is 10.3 Å². The van der Waals surface area contributed by atoms with E-state index in [1.54, 1.807) is 68.2 Å². The van der Waals surface area contributed by atoms with E-state index in [-0.39, 0.29) is 0 Å². The molecule has 0 aromatic carbocycles. The Morgan fingerprint density at radius 1 is 0.814 bits per heavy atom. The minimum absolute atomic E-state index is 0.399. The fraction of sp³-hybridized carbons (Fsp3) is 0.100. The number of nitrogens with one attached hydrogen (secondary N) is 2. The molecule has 8 rings (SSSR count). The van der Waals surface area contributed by atoms with E-state index in [1.807, 2.05) is 42.5 Å². The summed E-state index contributed by atoms with van der Waals surface area (Å²) in [5, 5.41) is 7.51. The first-order valence-corrected chi connectivity index (χ1v) is 13.5. The van der Waals surface area contributed by atoms with Gasteiger partial charge in [-0.15, -0.1) is 0 Å². The lowest BCUT2D eigenvalue weighted by molar-refractivity contribution is 0.00427. The van der Waals surface area contributed by atoms with E-state index in [2.05, 4.69) is 30.0 Å². The Morgan fingerprint density at radius 2 is 1.74 bits per heavy atom. The van der Waals surface area contributed by atoms with Crippen LogP contribution in [0.1, 0.15) is 34.6 Å². The van der Waals surface area contributed by atoms with E-state index < -0.39 is 17.7 Å². The minimum Gasteiger partial charge on any atom is -0.474 e. The number of rotatable bonds is 6. The molecule has 43 heavy (non-hydrogen) atoms. The summed E-state index contributed by atoms with van der Waals surface area (Å²) in [6.45, 7) is 0. The molecule has 2 aliphatic rings. The van der Waals surface area contributed by atoms with Gasteiger partial charge in [0.1, 0.15) is 11.2 Å². The third-order valence-electron chi connectivity index (χ3n) is 7.52. The summed E-state index contributed by atoms with van der Waals surface area (Å²) in [6, 6.07) is 9.49. The second-order valence-corrected chi connectivity index (χ2v) is 9.79. The van der Waals surface area contributed by atoms with Crippen molar-refractivity contribution in [3.8, 4) is 0 Å². The molecule has 2 N–H and O–H groups in total. The predicted octanol–water partition coefficient (Wildman–Crippen LogP) is 3.39. The maximum Gasteiger partial charge on any atom is 0.192 e. The van der Waals surface area contributed by atoms with Crippen molar-refractivity contribution in [2.45, 2.75) is 17.7 Å². The molecule has 13 heteroatoms. The molecule has 0 amide bonds. The van der Waals surface area contributed by atoms with Crippen LogP contribution < -0.4 is 0 Å². The van der Waals surface area contributed by atoms with E-state index in [0.29, 0.717) is 34.2 Å². The van der Waals surface area contributed by atoms with Crippen molar-refractivity contribution in [3.63, 3.8) is 0 Å². The summed E-state index contributed by atoms with van der Waals surface area (Å²) >= 11 is 0. The number of imidazole rings is 1. The fourth-order valence-electron chi connectivity index (χ4n) is 5.91. The first-order valence-electron chi connectivity index (χ1n) is 13.5. The van der Waals surface area contributed by atoms with Gasteiger partial charge < -0.3 is 14.6 Å². The maximum atomic E-state index is 6.33. The smallest absolute Gasteiger partial charge is 0.192 e. The molecule has 6 aromatic rings. The monoisotopic (exact) mass is 566 g/mol. The zero-order valence-corrected chi connectivity index (χ0v) is 22.4. The van der Waals surface area contributed by atoms with Gasteiger partial charge in [0.25, 0.3) is 0 Å². The summed E-state index contributed by atoms with van der Waals surface area (Å²) in [4.78, 5) is 43.5. The Morgan fingerprint density at radius 3 is 2.51 bits per heavy atom. The van der Waals surface area contributed by atoms with Crippen LogP contribution in [0.15, 0.2) is 111 Å². The van der Waals surface area contributed by atoms with Crippen LogP contribution in [-0.4, -0.2) is 66.2 Å². The number of H-pyrrole nitrogens is 2. The molecule has 8 heterocycles. The van der Waals surface area contributed by atoms with E-state index in [9.17, 15) is 0 Å². The van der Waals surface area contributed by atoms with Gasteiger partial charge in [-0.2, -0.15) is 5.10 Å². The number of aromatic amines is 2. The maximum absolute atomic E-state index is 6.33. The molecule has 0 aliphatic carbocycles. The Hall–Kier alpha value is -6.11. The van der Waals surface area contributed by atoms with Crippen molar-refractivity contribution in [1.29, 1.82) is 0 Å². The van der Waals surface area contributed by atoms with Gasteiger partial charge in [-0.1, -0.05) is 12.1 Å². The topological polar surface area (TPSA) is 160 Å². The van der Waals surface area contributed by atoms with Crippen LogP contribution in [0.2, 0.25) is 0 Å². The second kappa shape index (κ2) is 10.1. The highest BCUT2D eigenvalue weighted by Crippen LogP contribution is 2.61. The standard InChI is InChI=1S/C30H22N12O/c1-3-9-32-20(6-1)25-24(19-8-12-39-41-19)26(21-16-31-13-14-33-21)42(23-7-2-4-15-43-23)30(25,28-34-10-5-11-35-28)29-36-17-22-27(40-29)38-18-37-22/h1-18,23,25H,(H,39,41)(H,36,37,38,40). The Bertz CT molecular complexity index is 1970. The minimum atomic E-state index is -1.32. The summed E-state index contributed by atoms with van der Waals surface area (Å²) in [6.07, 6.45) is 21.9. The largest absolute Gasteiger partial charge is 0.474 e. The summed E-state index contributed by atoms with van der Waals surface area (Å²) < 4.78 is 6.33. The molecule has 0 spiro atoms. The number of fused-ring (bicyclic) bond motifs is 1. The highest BCUT2D eigenvalue weighted by molar-refractivity contribution is 5.96. The quantitative estimate of drug-likeness (QED) is 0.304. The number of hydrogen-bond donors (Lipinski definition) is 2. The van der Waals surface area contributed by atoms with Gasteiger partial charge in [0.2, 0.25) is 0 Å². The molecule has 0 fully saturated rings. The predicted molar refractivity (Wildman–Crippen MR) is 154 cm³/mol. The van der Waals surface area contributed by atoms with Gasteiger partial charge in [-0.05, 0) is 36.4 Å². The number of allylic oxidation sites excluding steroid dienone is 2. The molecular formula is C30H22N12O. The number of hydrogen-bond acceptors (Lipinski definition) is 11. The van der Waals surface area contributed by atoms with Crippen molar-refractivity contribution in [1.82, 2.24) is 60.0 Å². The van der Waals surface area contributed by atoms with Crippen LogP contribution in [0, 0.1) is 0 Å². The van der Waals surface area contributed by atoms with Gasteiger partial charge in [-0.25, -0.2) is 24.9 Å². The van der Waals surface area contributed by atoms with Gasteiger partial charge in [0.05, 0.1) is 48.0 Å². The van der Waals surface area contributed by atoms with Crippen molar-refractivity contribution in [3.05, 3.63) is 139 Å². The van der Waals surface area contributed by atoms with Crippen molar-refractivity contribution in [2.75, 3.05) is 0 Å². The summed E-state index contributed by atoms with van der Waals surface area (Å²) in [5.41, 5.74) is 3.46. The van der Waals surface area contributed by atoms with Gasteiger partial charge >= 0.3 is 0 Å². The number of ether oxygens (including phenoxy) is 1. The van der Waals surface area contributed by atoms with Gasteiger partial charge in [-0.3, -0.25) is 20.1 Å². The normalized spacial score (nSPS) is 21.4. The van der Waals surface area contributed by atoms with Crippen LogP contribution in [0.25, 0.3) is 22.4 Å². The van der Waals surface area contributed by atoms with Crippen LogP contribution in [0.5, 0.6) is 0 Å². The Balaban J connectivity index is 1.56. The molecule has 13 nitrogen and oxygen atoms in total. The van der Waals surface area contributed by atoms with Crippen molar-refractivity contribution in [2.24, 2.45) is 0 Å². The third kappa shape index (κ3) is 3.82. The van der Waals surface area contributed by atoms with Gasteiger partial charge in [0, 0.05) is 42.8 Å². The summed E-state index contributed by atoms with van der Waals surface area (Å²) in [7, 11) is 0. The number of aromatic nitrogens is 11.